The molecule has 2 heterocycles. The number of carbonyl (C=O) groups excluding carboxylic acids is 7. The van der Waals surface area contributed by atoms with Crippen LogP contribution in [-0.4, -0.2) is 123 Å². The maximum Gasteiger partial charge on any atom is 0.326 e. The number of benzene rings is 1. The lowest BCUT2D eigenvalue weighted by molar-refractivity contribution is -0.146. The Labute approximate surface area is 292 Å². The third-order valence-electron chi connectivity index (χ3n) is 8.62. The molecule has 0 aliphatic carbocycles. The van der Waals surface area contributed by atoms with E-state index in [4.69, 9.17) is 17.2 Å². The van der Waals surface area contributed by atoms with E-state index in [1.54, 1.807) is 30.3 Å². The van der Waals surface area contributed by atoms with Crippen LogP contribution in [0.1, 0.15) is 56.9 Å². The number of carboxylic acids is 2. The number of rotatable bonds is 18. The summed E-state index contributed by atoms with van der Waals surface area (Å²) in [4.78, 5) is 116. The van der Waals surface area contributed by atoms with E-state index in [1.165, 1.54) is 4.90 Å². The summed E-state index contributed by atoms with van der Waals surface area (Å²) in [6.07, 6.45) is -0.920. The molecular formula is C32H44N8O11. The minimum Gasteiger partial charge on any atom is -0.481 e. The molecule has 0 unspecified atom stereocenters. The summed E-state index contributed by atoms with van der Waals surface area (Å²) >= 11 is 0. The van der Waals surface area contributed by atoms with Crippen molar-refractivity contribution in [2.45, 2.75) is 94.0 Å². The van der Waals surface area contributed by atoms with Crippen molar-refractivity contribution in [2.75, 3.05) is 13.1 Å². The summed E-state index contributed by atoms with van der Waals surface area (Å²) in [6, 6.07) is 0.373. The maximum absolute atomic E-state index is 13.7. The van der Waals surface area contributed by atoms with E-state index in [0.29, 0.717) is 18.4 Å². The van der Waals surface area contributed by atoms with E-state index < -0.39 is 102 Å². The number of nitrogens with two attached hydrogens (primary N) is 3. The Balaban J connectivity index is 1.73. The Morgan fingerprint density at radius 1 is 0.725 bits per heavy atom. The Morgan fingerprint density at radius 2 is 1.27 bits per heavy atom. The van der Waals surface area contributed by atoms with Gasteiger partial charge >= 0.3 is 11.9 Å². The lowest BCUT2D eigenvalue weighted by Crippen LogP contribution is -2.59. The fourth-order valence-corrected chi connectivity index (χ4v) is 6.08. The second-order valence-electron chi connectivity index (χ2n) is 12.5. The van der Waals surface area contributed by atoms with Crippen molar-refractivity contribution in [3.63, 3.8) is 0 Å². The molecule has 0 radical (unpaired) electrons. The maximum atomic E-state index is 13.7. The molecule has 11 N–H and O–H groups in total. The van der Waals surface area contributed by atoms with E-state index in [1.807, 2.05) is 0 Å². The number of aliphatic carboxylic acids is 2. The number of carboxylic acid groups (broad SMARTS) is 2. The molecule has 6 atom stereocenters. The van der Waals surface area contributed by atoms with Crippen LogP contribution in [-0.2, 0) is 49.6 Å². The van der Waals surface area contributed by atoms with Crippen LogP contribution in [0.25, 0.3) is 0 Å². The fourth-order valence-electron chi connectivity index (χ4n) is 6.08. The first kappa shape index (κ1) is 39.8. The minimum absolute atomic E-state index is 0.0148. The zero-order chi connectivity index (χ0) is 37.8. The number of likely N-dealkylation sites (tertiary alicyclic amines) is 2. The van der Waals surface area contributed by atoms with Crippen molar-refractivity contribution >= 4 is 53.3 Å². The van der Waals surface area contributed by atoms with Gasteiger partial charge in [0.15, 0.2) is 0 Å². The van der Waals surface area contributed by atoms with Crippen molar-refractivity contribution in [1.82, 2.24) is 25.8 Å². The Morgan fingerprint density at radius 3 is 1.78 bits per heavy atom. The van der Waals surface area contributed by atoms with Gasteiger partial charge in [-0.3, -0.25) is 38.4 Å². The molecule has 0 aromatic heterocycles. The average Bonchev–Trinajstić information content (AvgIpc) is 3.76. The molecule has 2 aliphatic rings. The molecule has 278 valence electrons. The first-order chi connectivity index (χ1) is 24.1. The molecule has 2 saturated heterocycles. The van der Waals surface area contributed by atoms with E-state index in [-0.39, 0.29) is 45.2 Å². The number of primary amides is 2. The first-order valence-electron chi connectivity index (χ1n) is 16.4. The smallest absolute Gasteiger partial charge is 0.326 e. The van der Waals surface area contributed by atoms with Gasteiger partial charge in [-0.25, -0.2) is 4.79 Å². The van der Waals surface area contributed by atoms with Gasteiger partial charge in [-0.15, -0.1) is 0 Å². The quantitative estimate of drug-likeness (QED) is 0.0741. The number of hydrogen-bond donors (Lipinski definition) is 8. The molecule has 0 spiro atoms. The van der Waals surface area contributed by atoms with Gasteiger partial charge in [0, 0.05) is 25.9 Å². The third kappa shape index (κ3) is 11.5. The highest BCUT2D eigenvalue weighted by atomic mass is 16.4. The number of hydrogen-bond acceptors (Lipinski definition) is 10. The van der Waals surface area contributed by atoms with Crippen molar-refractivity contribution in [3.8, 4) is 0 Å². The number of nitrogens with zero attached hydrogens (tertiary/aromatic N) is 2. The SMILES string of the molecule is NC(=O)CC[C@H](N)C(=O)N1CCC[C@H]1C(=O)N[C@@H](CC(=O)O)C(=O)N[C@@H](CC(N)=O)C(=O)N1CCC[C@H]1C(=O)N[C@@H](Cc1ccccc1)C(=O)O. The van der Waals surface area contributed by atoms with Crippen molar-refractivity contribution in [1.29, 1.82) is 0 Å². The van der Waals surface area contributed by atoms with Gasteiger partial charge in [-0.05, 0) is 37.7 Å². The fraction of sp³-hybridized carbons (Fsp3) is 0.531. The predicted octanol–water partition coefficient (Wildman–Crippen LogP) is -3.31. The monoisotopic (exact) mass is 716 g/mol. The molecule has 2 aliphatic heterocycles. The minimum atomic E-state index is -1.77. The van der Waals surface area contributed by atoms with Crippen LogP contribution in [0.3, 0.4) is 0 Å². The van der Waals surface area contributed by atoms with Gasteiger partial charge in [0.25, 0.3) is 0 Å². The second kappa shape index (κ2) is 18.4. The summed E-state index contributed by atoms with van der Waals surface area (Å²) in [5, 5.41) is 26.3. The predicted molar refractivity (Wildman–Crippen MR) is 176 cm³/mol. The normalized spacial score (nSPS) is 19.2. The topological polar surface area (TPSA) is 315 Å². The van der Waals surface area contributed by atoms with Crippen LogP contribution in [0, 0.1) is 0 Å². The Bertz CT molecular complexity index is 1510. The molecule has 3 rings (SSSR count). The molecule has 1 aromatic rings. The molecule has 19 heteroatoms. The molecule has 1 aromatic carbocycles. The lowest BCUT2D eigenvalue weighted by atomic mass is 10.0. The van der Waals surface area contributed by atoms with Crippen LogP contribution in [0.5, 0.6) is 0 Å². The summed E-state index contributed by atoms with van der Waals surface area (Å²) in [5.41, 5.74) is 17.0. The Kier molecular flexibility index (Phi) is 14.4. The molecule has 51 heavy (non-hydrogen) atoms. The average molecular weight is 717 g/mol. The zero-order valence-electron chi connectivity index (χ0n) is 27.8. The largest absolute Gasteiger partial charge is 0.481 e. The third-order valence-corrected chi connectivity index (χ3v) is 8.62. The van der Waals surface area contributed by atoms with Gasteiger partial charge in [-0.1, -0.05) is 30.3 Å². The summed E-state index contributed by atoms with van der Waals surface area (Å²) in [7, 11) is 0. The van der Waals surface area contributed by atoms with E-state index in [9.17, 15) is 53.4 Å². The number of nitrogens with one attached hydrogen (secondary N) is 3. The summed E-state index contributed by atoms with van der Waals surface area (Å²) < 4.78 is 0. The molecule has 0 saturated carbocycles. The van der Waals surface area contributed by atoms with E-state index in [2.05, 4.69) is 16.0 Å². The highest BCUT2D eigenvalue weighted by Crippen LogP contribution is 2.21. The van der Waals surface area contributed by atoms with Gasteiger partial charge in [0.2, 0.25) is 41.4 Å². The van der Waals surface area contributed by atoms with Crippen LogP contribution in [0.15, 0.2) is 30.3 Å². The van der Waals surface area contributed by atoms with Crippen LogP contribution in [0.2, 0.25) is 0 Å². The molecule has 0 bridgehead atoms. The molecular weight excluding hydrogens is 672 g/mol. The summed E-state index contributed by atoms with van der Waals surface area (Å²) in [6.45, 7) is 0.150. The van der Waals surface area contributed by atoms with Gasteiger partial charge in [0.05, 0.1) is 18.9 Å². The number of carbonyl (C=O) groups is 9. The standard InChI is InChI=1S/C32H44N8O11/c33-18(10-11-24(34)41)30(48)39-12-4-8-22(39)28(46)36-19(16-26(43)44)27(45)37-20(15-25(35)42)31(49)40-13-5-9-23(40)29(47)38-21(32(50)51)14-17-6-2-1-3-7-17/h1-3,6-7,18-23H,4-5,8-16,33H2,(H2,34,41)(H2,35,42)(H,36,46)(H,37,45)(H,38,47)(H,43,44)(H,50,51)/t18-,19-,20-,21-,22-,23-/m0/s1. The van der Waals surface area contributed by atoms with E-state index in [0.717, 1.165) is 4.90 Å². The second-order valence-corrected chi connectivity index (χ2v) is 12.5. The Hall–Kier alpha value is -5.59. The molecule has 7 amide bonds. The molecule has 19 nitrogen and oxygen atoms in total. The first-order valence-corrected chi connectivity index (χ1v) is 16.4. The lowest BCUT2D eigenvalue weighted by Gasteiger charge is -2.30. The molecule has 2 fully saturated rings. The van der Waals surface area contributed by atoms with Crippen LogP contribution in [0.4, 0.5) is 0 Å². The van der Waals surface area contributed by atoms with Crippen molar-refractivity contribution < 1.29 is 53.4 Å². The highest BCUT2D eigenvalue weighted by molar-refractivity contribution is 5.99. The summed E-state index contributed by atoms with van der Waals surface area (Å²) in [5.74, 6) is -8.84. The van der Waals surface area contributed by atoms with Gasteiger partial charge in [-0.2, -0.15) is 0 Å². The highest BCUT2D eigenvalue weighted by Gasteiger charge is 2.41. The van der Waals surface area contributed by atoms with Gasteiger partial charge in [0.1, 0.15) is 30.2 Å². The van der Waals surface area contributed by atoms with E-state index >= 15 is 0 Å². The number of amides is 7. The zero-order valence-corrected chi connectivity index (χ0v) is 27.8. The van der Waals surface area contributed by atoms with Crippen molar-refractivity contribution in [2.24, 2.45) is 17.2 Å². The van der Waals surface area contributed by atoms with Crippen LogP contribution >= 0.6 is 0 Å². The van der Waals surface area contributed by atoms with Crippen molar-refractivity contribution in [3.05, 3.63) is 35.9 Å². The van der Waals surface area contributed by atoms with Gasteiger partial charge < -0.3 is 53.2 Å². The van der Waals surface area contributed by atoms with Crippen LogP contribution < -0.4 is 33.2 Å².